The van der Waals surface area contributed by atoms with Gasteiger partial charge in [0.25, 0.3) is 0 Å². The van der Waals surface area contributed by atoms with Crippen molar-refractivity contribution < 1.29 is 14.3 Å². The van der Waals surface area contributed by atoms with Gasteiger partial charge in [-0.3, -0.25) is 4.79 Å². The summed E-state index contributed by atoms with van der Waals surface area (Å²) in [6.07, 6.45) is 6.83. The van der Waals surface area contributed by atoms with E-state index in [1.165, 1.54) is 0 Å². The molecule has 9 heteroatoms. The molecule has 0 spiro atoms. The lowest BCUT2D eigenvalue weighted by atomic mass is 10.0. The number of carbonyl (C=O) groups excluding carboxylic acids is 1. The number of anilines is 2. The topological polar surface area (TPSA) is 110 Å². The maximum Gasteiger partial charge on any atom is 0.240 e. The Morgan fingerprint density at radius 1 is 1.03 bits per heavy atom. The summed E-state index contributed by atoms with van der Waals surface area (Å²) in [5.41, 5.74) is 13.0. The van der Waals surface area contributed by atoms with Gasteiger partial charge in [-0.05, 0) is 49.8 Å². The fraction of sp³-hybridized carbons (Fsp3) is 0.379. The second-order valence-electron chi connectivity index (χ2n) is 10.3. The SMILES string of the molecule is NC(=O)[C@@H]1CCCN1c1cc2c3c(c(-c4ccc(-c5ccnn5C5CCCCO5)cc4)[nH]c3c1)NCCO2. The molecule has 7 rings (SSSR count). The summed E-state index contributed by atoms with van der Waals surface area (Å²) in [5, 5.41) is 9.17. The molecule has 2 fully saturated rings. The summed E-state index contributed by atoms with van der Waals surface area (Å²) in [4.78, 5) is 17.8. The number of H-pyrrole nitrogens is 1. The predicted octanol–water partition coefficient (Wildman–Crippen LogP) is 4.66. The fourth-order valence-electron chi connectivity index (χ4n) is 6.16. The average molecular weight is 513 g/mol. The number of ether oxygens (including phenoxy) is 2. The van der Waals surface area contributed by atoms with Crippen LogP contribution in [0.5, 0.6) is 5.75 Å². The van der Waals surface area contributed by atoms with Crippen molar-refractivity contribution in [3.63, 3.8) is 0 Å². The number of aromatic nitrogens is 3. The van der Waals surface area contributed by atoms with Crippen LogP contribution < -0.4 is 20.7 Å². The van der Waals surface area contributed by atoms with E-state index in [2.05, 4.69) is 56.7 Å². The molecule has 1 amide bonds. The molecule has 5 heterocycles. The highest BCUT2D eigenvalue weighted by atomic mass is 16.5. The molecule has 196 valence electrons. The van der Waals surface area contributed by atoms with Crippen molar-refractivity contribution in [1.29, 1.82) is 0 Å². The Morgan fingerprint density at radius 2 is 1.89 bits per heavy atom. The number of hydrogen-bond acceptors (Lipinski definition) is 6. The molecule has 2 saturated heterocycles. The van der Waals surface area contributed by atoms with Gasteiger partial charge in [-0.15, -0.1) is 0 Å². The van der Waals surface area contributed by atoms with E-state index >= 15 is 0 Å². The van der Waals surface area contributed by atoms with Crippen molar-refractivity contribution in [2.45, 2.75) is 44.4 Å². The number of rotatable bonds is 5. The van der Waals surface area contributed by atoms with Gasteiger partial charge >= 0.3 is 0 Å². The Hall–Kier alpha value is -3.98. The van der Waals surface area contributed by atoms with Crippen LogP contribution in [-0.4, -0.2) is 53.0 Å². The highest BCUT2D eigenvalue weighted by Crippen LogP contribution is 2.44. The van der Waals surface area contributed by atoms with Gasteiger partial charge in [0.2, 0.25) is 5.91 Å². The Kier molecular flexibility index (Phi) is 5.73. The molecule has 0 saturated carbocycles. The minimum Gasteiger partial charge on any atom is -0.491 e. The molecule has 2 aromatic heterocycles. The molecule has 2 atom stereocenters. The van der Waals surface area contributed by atoms with Gasteiger partial charge < -0.3 is 30.4 Å². The standard InChI is InChI=1S/C29H32N6O3/c30-29(36)23-4-3-13-34(23)20-16-21-26-24(17-20)37-15-12-31-28(26)27(33-21)19-8-6-18(7-9-19)22-10-11-32-35(22)25-5-1-2-14-38-25/h6-11,16-17,23,25,31,33H,1-5,12-15H2,(H2,30,36)/t23-,25?/m0/s1. The fourth-order valence-corrected chi connectivity index (χ4v) is 6.16. The molecule has 38 heavy (non-hydrogen) atoms. The molecule has 4 N–H and O–H groups in total. The zero-order valence-electron chi connectivity index (χ0n) is 21.3. The minimum absolute atomic E-state index is 0.00284. The van der Waals surface area contributed by atoms with Crippen molar-refractivity contribution in [3.05, 3.63) is 48.7 Å². The van der Waals surface area contributed by atoms with Gasteiger partial charge in [0.05, 0.1) is 28.0 Å². The van der Waals surface area contributed by atoms with E-state index in [0.717, 1.165) is 95.8 Å². The first-order valence-electron chi connectivity index (χ1n) is 13.6. The Morgan fingerprint density at radius 3 is 2.71 bits per heavy atom. The summed E-state index contributed by atoms with van der Waals surface area (Å²) in [7, 11) is 0. The monoisotopic (exact) mass is 512 g/mol. The number of carbonyl (C=O) groups is 1. The van der Waals surface area contributed by atoms with Crippen molar-refractivity contribution in [3.8, 4) is 28.3 Å². The molecular weight excluding hydrogens is 480 g/mol. The van der Waals surface area contributed by atoms with Crippen LogP contribution in [0.3, 0.4) is 0 Å². The van der Waals surface area contributed by atoms with Crippen LogP contribution in [0.15, 0.2) is 48.7 Å². The lowest BCUT2D eigenvalue weighted by Crippen LogP contribution is -2.40. The lowest BCUT2D eigenvalue weighted by molar-refractivity contribution is -0.119. The Balaban J connectivity index is 1.26. The van der Waals surface area contributed by atoms with E-state index in [1.54, 1.807) is 0 Å². The predicted molar refractivity (Wildman–Crippen MR) is 147 cm³/mol. The van der Waals surface area contributed by atoms with Gasteiger partial charge in [-0.2, -0.15) is 5.10 Å². The third kappa shape index (κ3) is 3.89. The number of aromatic amines is 1. The minimum atomic E-state index is -0.280. The number of benzene rings is 2. The normalized spacial score (nSPS) is 21.2. The third-order valence-corrected chi connectivity index (χ3v) is 7.99. The van der Waals surface area contributed by atoms with E-state index < -0.39 is 0 Å². The number of nitrogens with two attached hydrogens (primary N) is 1. The molecule has 3 aliphatic heterocycles. The van der Waals surface area contributed by atoms with Gasteiger partial charge in [0.15, 0.2) is 6.23 Å². The van der Waals surface area contributed by atoms with Crippen LogP contribution in [-0.2, 0) is 9.53 Å². The summed E-state index contributed by atoms with van der Waals surface area (Å²) in [6, 6.07) is 14.5. The van der Waals surface area contributed by atoms with Crippen LogP contribution in [0, 0.1) is 0 Å². The zero-order valence-corrected chi connectivity index (χ0v) is 21.3. The lowest BCUT2D eigenvalue weighted by Gasteiger charge is -2.25. The molecule has 4 aromatic rings. The molecule has 0 aliphatic carbocycles. The van der Waals surface area contributed by atoms with Crippen molar-refractivity contribution in [2.24, 2.45) is 5.73 Å². The molecule has 3 aliphatic rings. The quantitative estimate of drug-likeness (QED) is 0.359. The smallest absolute Gasteiger partial charge is 0.240 e. The number of nitrogens with zero attached hydrogens (tertiary/aromatic N) is 3. The van der Waals surface area contributed by atoms with Gasteiger partial charge in [-0.25, -0.2) is 4.68 Å². The number of amides is 1. The van der Waals surface area contributed by atoms with E-state index in [4.69, 9.17) is 15.2 Å². The number of hydrogen-bond donors (Lipinski definition) is 3. The summed E-state index contributed by atoms with van der Waals surface area (Å²) >= 11 is 0. The molecule has 2 aromatic carbocycles. The Bertz CT molecular complexity index is 1480. The van der Waals surface area contributed by atoms with E-state index in [-0.39, 0.29) is 18.2 Å². The van der Waals surface area contributed by atoms with Gasteiger partial charge in [-0.1, -0.05) is 24.3 Å². The number of primary amides is 1. The molecular formula is C29H32N6O3. The molecule has 0 bridgehead atoms. The first kappa shape index (κ1) is 23.2. The Labute approximate surface area is 220 Å². The first-order valence-corrected chi connectivity index (χ1v) is 13.6. The maximum absolute atomic E-state index is 12.1. The average Bonchev–Trinajstić information content (AvgIpc) is 3.67. The summed E-state index contributed by atoms with van der Waals surface area (Å²) in [5.74, 6) is 0.545. The van der Waals surface area contributed by atoms with E-state index in [9.17, 15) is 4.79 Å². The van der Waals surface area contributed by atoms with Crippen molar-refractivity contribution >= 4 is 28.2 Å². The van der Waals surface area contributed by atoms with Crippen LogP contribution in [0.4, 0.5) is 11.4 Å². The zero-order chi connectivity index (χ0) is 25.6. The second kappa shape index (κ2) is 9.40. The maximum atomic E-state index is 12.1. The summed E-state index contributed by atoms with van der Waals surface area (Å²) in [6.45, 7) is 2.86. The highest BCUT2D eigenvalue weighted by Gasteiger charge is 2.31. The van der Waals surface area contributed by atoms with Crippen LogP contribution in [0.2, 0.25) is 0 Å². The third-order valence-electron chi connectivity index (χ3n) is 7.99. The molecule has 1 unspecified atom stereocenters. The van der Waals surface area contributed by atoms with E-state index in [0.29, 0.717) is 13.2 Å². The van der Waals surface area contributed by atoms with Crippen molar-refractivity contribution in [2.75, 3.05) is 36.5 Å². The second-order valence-corrected chi connectivity index (χ2v) is 10.3. The van der Waals surface area contributed by atoms with Crippen LogP contribution in [0.25, 0.3) is 33.4 Å². The highest BCUT2D eigenvalue weighted by molar-refractivity contribution is 6.06. The number of nitrogens with one attached hydrogen (secondary N) is 2. The largest absolute Gasteiger partial charge is 0.491 e. The van der Waals surface area contributed by atoms with E-state index in [1.807, 2.05) is 16.9 Å². The first-order chi connectivity index (χ1) is 18.7. The van der Waals surface area contributed by atoms with Crippen LogP contribution >= 0.6 is 0 Å². The van der Waals surface area contributed by atoms with Gasteiger partial charge in [0.1, 0.15) is 18.4 Å². The van der Waals surface area contributed by atoms with Gasteiger partial charge in [0, 0.05) is 43.2 Å². The molecule has 9 nitrogen and oxygen atoms in total. The van der Waals surface area contributed by atoms with Crippen LogP contribution in [0.1, 0.15) is 38.3 Å². The van der Waals surface area contributed by atoms with Crippen molar-refractivity contribution in [1.82, 2.24) is 14.8 Å². The molecule has 0 radical (unpaired) electrons. The summed E-state index contributed by atoms with van der Waals surface area (Å²) < 4.78 is 14.2.